The summed E-state index contributed by atoms with van der Waals surface area (Å²) >= 11 is 0. The Hall–Kier alpha value is -2.57. The fraction of sp³-hybridized carbons (Fsp3) is 0.579. The third kappa shape index (κ3) is 4.86. The predicted molar refractivity (Wildman–Crippen MR) is 97.1 cm³/mol. The average Bonchev–Trinajstić information content (AvgIpc) is 3.05. The van der Waals surface area contributed by atoms with E-state index >= 15 is 0 Å². The van der Waals surface area contributed by atoms with Gasteiger partial charge in [-0.05, 0) is 26.8 Å². The van der Waals surface area contributed by atoms with Gasteiger partial charge < -0.3 is 23.7 Å². The van der Waals surface area contributed by atoms with E-state index in [1.165, 1.54) is 6.20 Å². The van der Waals surface area contributed by atoms with E-state index in [1.54, 1.807) is 26.0 Å². The quantitative estimate of drug-likeness (QED) is 0.691. The number of hydrogen-bond acceptors (Lipinski definition) is 9. The minimum atomic E-state index is -4.66. The second-order valence-electron chi connectivity index (χ2n) is 7.64. The normalized spacial score (nSPS) is 29.9. The van der Waals surface area contributed by atoms with Crippen LogP contribution in [-0.4, -0.2) is 63.1 Å². The van der Waals surface area contributed by atoms with Crippen molar-refractivity contribution in [2.75, 3.05) is 6.61 Å². The van der Waals surface area contributed by atoms with Crippen LogP contribution in [0.1, 0.15) is 26.5 Å². The van der Waals surface area contributed by atoms with Gasteiger partial charge in [0.05, 0.1) is 18.5 Å². The molecule has 168 valence electrons. The number of alkyl halides is 3. The summed E-state index contributed by atoms with van der Waals surface area (Å²) in [5.41, 5.74) is -1.16. The van der Waals surface area contributed by atoms with Crippen LogP contribution in [0.15, 0.2) is 30.7 Å². The molecule has 2 fully saturated rings. The number of rotatable bonds is 5. The average molecular weight is 442 g/mol. The van der Waals surface area contributed by atoms with Crippen molar-refractivity contribution < 1.29 is 36.9 Å². The van der Waals surface area contributed by atoms with Gasteiger partial charge in [0.2, 0.25) is 11.8 Å². The molecular formula is C19H21F3N4O5. The van der Waals surface area contributed by atoms with Gasteiger partial charge in [0, 0.05) is 12.3 Å². The van der Waals surface area contributed by atoms with Crippen LogP contribution >= 0.6 is 0 Å². The van der Waals surface area contributed by atoms with Gasteiger partial charge in [0.15, 0.2) is 17.6 Å². The first kappa shape index (κ1) is 21.7. The second kappa shape index (κ2) is 8.17. The summed E-state index contributed by atoms with van der Waals surface area (Å²) in [6, 6.07) is 3.28. The van der Waals surface area contributed by atoms with Crippen LogP contribution in [0.4, 0.5) is 13.2 Å². The first-order valence-electron chi connectivity index (χ1n) is 9.60. The molecular weight excluding hydrogens is 421 g/mol. The lowest BCUT2D eigenvalue weighted by Crippen LogP contribution is -2.59. The summed E-state index contributed by atoms with van der Waals surface area (Å²) in [6.07, 6.45) is -4.53. The van der Waals surface area contributed by atoms with E-state index in [0.717, 1.165) is 6.20 Å². The van der Waals surface area contributed by atoms with E-state index in [0.29, 0.717) is 6.20 Å². The molecule has 12 heteroatoms. The summed E-state index contributed by atoms with van der Waals surface area (Å²) < 4.78 is 68.5. The maximum atomic E-state index is 13.0. The highest BCUT2D eigenvalue weighted by molar-refractivity contribution is 5.13. The minimum Gasteiger partial charge on any atom is -0.474 e. The highest BCUT2D eigenvalue weighted by Crippen LogP contribution is 2.39. The Balaban J connectivity index is 1.59. The van der Waals surface area contributed by atoms with Crippen molar-refractivity contribution in [1.82, 2.24) is 20.2 Å². The van der Waals surface area contributed by atoms with E-state index in [2.05, 4.69) is 20.2 Å². The molecule has 9 nitrogen and oxygen atoms in total. The van der Waals surface area contributed by atoms with Gasteiger partial charge >= 0.3 is 6.18 Å². The van der Waals surface area contributed by atoms with Crippen LogP contribution in [0.5, 0.6) is 11.8 Å². The molecule has 0 saturated carbocycles. The number of hydrogen-bond donors (Lipinski definition) is 0. The summed E-state index contributed by atoms with van der Waals surface area (Å²) in [5.74, 6) is -0.966. The van der Waals surface area contributed by atoms with Crippen LogP contribution in [0.2, 0.25) is 0 Å². The standard InChI is InChI=1S/C19H21F3N4O5/c1-10-15-17(31-18(2,3)30-15)16(11(28-10)9-27-13-5-4-6-24-26-13)29-14-8-23-7-12(25-14)19(20,21)22/h4-8,10-11,15-17H,9H2,1-3H3/t10-,11-,15+,16+,17+/m1/s1. The lowest BCUT2D eigenvalue weighted by atomic mass is 9.96. The van der Waals surface area contributed by atoms with E-state index in [-0.39, 0.29) is 24.5 Å². The van der Waals surface area contributed by atoms with E-state index in [1.807, 2.05) is 6.92 Å². The Morgan fingerprint density at radius 2 is 1.90 bits per heavy atom. The fourth-order valence-electron chi connectivity index (χ4n) is 3.57. The van der Waals surface area contributed by atoms with Crippen molar-refractivity contribution in [3.63, 3.8) is 0 Å². The minimum absolute atomic E-state index is 0.00685. The Labute approximate surface area is 175 Å². The van der Waals surface area contributed by atoms with Crippen molar-refractivity contribution in [2.24, 2.45) is 0 Å². The summed E-state index contributed by atoms with van der Waals surface area (Å²) in [4.78, 5) is 7.13. The molecule has 0 aromatic carbocycles. The topological polar surface area (TPSA) is 97.7 Å². The third-order valence-electron chi connectivity index (χ3n) is 4.81. The van der Waals surface area contributed by atoms with Crippen molar-refractivity contribution in [2.45, 2.75) is 63.3 Å². The first-order chi connectivity index (χ1) is 14.6. The van der Waals surface area contributed by atoms with Gasteiger partial charge in [-0.25, -0.2) is 4.98 Å². The second-order valence-corrected chi connectivity index (χ2v) is 7.64. The summed E-state index contributed by atoms with van der Waals surface area (Å²) in [5, 5.41) is 7.59. The summed E-state index contributed by atoms with van der Waals surface area (Å²) in [6.45, 7) is 5.29. The molecule has 4 rings (SSSR count). The zero-order chi connectivity index (χ0) is 22.2. The molecule has 31 heavy (non-hydrogen) atoms. The molecule has 0 radical (unpaired) electrons. The van der Waals surface area contributed by atoms with E-state index < -0.39 is 42.1 Å². The number of aromatic nitrogens is 4. The number of fused-ring (bicyclic) bond motifs is 1. The van der Waals surface area contributed by atoms with Crippen molar-refractivity contribution >= 4 is 0 Å². The van der Waals surface area contributed by atoms with Gasteiger partial charge in [0.25, 0.3) is 0 Å². The largest absolute Gasteiger partial charge is 0.474 e. The fourth-order valence-corrected chi connectivity index (χ4v) is 3.57. The zero-order valence-electron chi connectivity index (χ0n) is 16.9. The highest BCUT2D eigenvalue weighted by atomic mass is 19.4. The number of halogens is 3. The summed E-state index contributed by atoms with van der Waals surface area (Å²) in [7, 11) is 0. The molecule has 5 atom stereocenters. The van der Waals surface area contributed by atoms with Crippen molar-refractivity contribution in [3.05, 3.63) is 36.4 Å². The Morgan fingerprint density at radius 1 is 1.13 bits per heavy atom. The highest BCUT2D eigenvalue weighted by Gasteiger charge is 2.55. The molecule has 2 aromatic rings. The molecule has 2 aliphatic rings. The molecule has 2 aromatic heterocycles. The number of ether oxygens (including phenoxy) is 5. The maximum absolute atomic E-state index is 13.0. The zero-order valence-corrected chi connectivity index (χ0v) is 16.9. The third-order valence-corrected chi connectivity index (χ3v) is 4.81. The van der Waals surface area contributed by atoms with Gasteiger partial charge in [-0.15, -0.1) is 5.10 Å². The van der Waals surface area contributed by atoms with Crippen LogP contribution < -0.4 is 9.47 Å². The number of nitrogens with zero attached hydrogens (tertiary/aromatic N) is 4. The lowest BCUT2D eigenvalue weighted by Gasteiger charge is -2.40. The van der Waals surface area contributed by atoms with E-state index in [4.69, 9.17) is 23.7 Å². The van der Waals surface area contributed by atoms with Crippen LogP contribution in [0, 0.1) is 0 Å². The Bertz CT molecular complexity index is 902. The SMILES string of the molecule is C[C@H]1O[C@H](COc2cccnn2)[C@H](Oc2cncc(C(F)(F)F)n2)[C@H]2OC(C)(C)O[C@H]21. The molecule has 0 N–H and O–H groups in total. The van der Waals surface area contributed by atoms with Crippen molar-refractivity contribution in [3.8, 4) is 11.8 Å². The van der Waals surface area contributed by atoms with Crippen LogP contribution in [0.25, 0.3) is 0 Å². The first-order valence-corrected chi connectivity index (χ1v) is 9.60. The molecule has 0 unspecified atom stereocenters. The maximum Gasteiger partial charge on any atom is 0.435 e. The van der Waals surface area contributed by atoms with Crippen LogP contribution in [0.3, 0.4) is 0 Å². The smallest absolute Gasteiger partial charge is 0.435 e. The molecule has 2 saturated heterocycles. The molecule has 2 aliphatic heterocycles. The van der Waals surface area contributed by atoms with Gasteiger partial charge in [0.1, 0.15) is 24.9 Å². The monoisotopic (exact) mass is 442 g/mol. The van der Waals surface area contributed by atoms with E-state index in [9.17, 15) is 13.2 Å². The Morgan fingerprint density at radius 3 is 2.61 bits per heavy atom. The van der Waals surface area contributed by atoms with Gasteiger partial charge in [-0.3, -0.25) is 4.98 Å². The molecule has 0 aliphatic carbocycles. The Kier molecular flexibility index (Phi) is 5.71. The van der Waals surface area contributed by atoms with Crippen molar-refractivity contribution in [1.29, 1.82) is 0 Å². The molecule has 0 bridgehead atoms. The van der Waals surface area contributed by atoms with Crippen LogP contribution in [-0.2, 0) is 20.4 Å². The lowest BCUT2D eigenvalue weighted by molar-refractivity contribution is -0.182. The predicted octanol–water partition coefficient (Wildman–Crippen LogP) is 2.42. The van der Waals surface area contributed by atoms with Gasteiger partial charge in [-0.2, -0.15) is 18.3 Å². The molecule has 0 amide bonds. The molecule has 0 spiro atoms. The molecule has 4 heterocycles. The van der Waals surface area contributed by atoms with Gasteiger partial charge in [-0.1, -0.05) is 0 Å².